The Bertz CT molecular complexity index is 3250. The molecule has 2 heterocycles. The molecule has 4 rings (SSSR count). The molecule has 6 N–H and O–H groups in total. The molecule has 12 atom stereocenters. The third-order valence-corrected chi connectivity index (χ3v) is 29.7. The van der Waals surface area contributed by atoms with Crippen LogP contribution in [0.4, 0.5) is 9.59 Å². The van der Waals surface area contributed by atoms with Gasteiger partial charge < -0.3 is 73.8 Å². The van der Waals surface area contributed by atoms with Gasteiger partial charge in [-0.05, 0) is 163 Å². The van der Waals surface area contributed by atoms with E-state index >= 15 is 0 Å². The molecule has 2 fully saturated rings. The van der Waals surface area contributed by atoms with E-state index in [0.29, 0.717) is 58.0 Å². The Morgan fingerprint density at radius 1 is 0.509 bits per heavy atom. The summed E-state index contributed by atoms with van der Waals surface area (Å²) >= 11 is 0. The number of esters is 3. The largest absolute Gasteiger partial charge is 0.481 e. The zero-order valence-corrected chi connectivity index (χ0v) is 74.6. The van der Waals surface area contributed by atoms with Crippen LogP contribution < -0.4 is 21.3 Å². The molecule has 0 radical (unpaired) electrons. The normalized spacial score (nSPS) is 17.5. The predicted molar refractivity (Wildman–Crippen MR) is 443 cm³/mol. The molecule has 0 aromatic heterocycles. The lowest BCUT2D eigenvalue weighted by molar-refractivity contribution is -0.162. The van der Waals surface area contributed by atoms with Gasteiger partial charge in [0, 0.05) is 13.1 Å². The van der Waals surface area contributed by atoms with Crippen molar-refractivity contribution in [2.75, 3.05) is 13.1 Å². The zero-order chi connectivity index (χ0) is 85.1. The van der Waals surface area contributed by atoms with E-state index in [-0.39, 0.29) is 85.0 Å². The quantitative estimate of drug-likeness (QED) is 0.0212. The Balaban J connectivity index is 0.000000925. The number of nitrogens with zero attached hydrogens (tertiary/aromatic N) is 2. The predicted octanol–water partition coefficient (Wildman–Crippen LogP) is 15.2. The Morgan fingerprint density at radius 3 is 1.16 bits per heavy atom. The third-order valence-electron chi connectivity index (χ3n) is 20.7. The van der Waals surface area contributed by atoms with E-state index < -0.39 is 142 Å². The Hall–Kier alpha value is -6.95. The van der Waals surface area contributed by atoms with Gasteiger partial charge in [-0.25, -0.2) is 19.2 Å². The summed E-state index contributed by atoms with van der Waals surface area (Å²) in [7, 11) is -4.70. The fraction of sp³-hybridized carbons (Fsp3) is 0.741. The lowest BCUT2D eigenvalue weighted by atomic mass is 9.92. The summed E-state index contributed by atoms with van der Waals surface area (Å²) < 4.78 is 41.2. The molecule has 2 aromatic carbocycles. The smallest absolute Gasteiger partial charge is 0.407 e. The highest BCUT2D eigenvalue weighted by atomic mass is 28.4. The van der Waals surface area contributed by atoms with Crippen molar-refractivity contribution in [2.24, 2.45) is 35.5 Å². The first kappa shape index (κ1) is 103. The van der Waals surface area contributed by atoms with Crippen molar-refractivity contribution in [1.82, 2.24) is 31.1 Å². The van der Waals surface area contributed by atoms with Gasteiger partial charge >= 0.3 is 36.1 Å². The maximum Gasteiger partial charge on any atom is 0.407 e. The van der Waals surface area contributed by atoms with Crippen molar-refractivity contribution in [3.63, 3.8) is 0 Å². The maximum absolute atomic E-state index is 14.1. The van der Waals surface area contributed by atoms with Crippen LogP contribution >= 0.6 is 0 Å². The average molecular weight is 1610 g/mol. The summed E-state index contributed by atoms with van der Waals surface area (Å²) in [5.74, 6) is -4.89. The molecule has 640 valence electrons. The minimum Gasteiger partial charge on any atom is -0.481 e. The second-order valence-corrected chi connectivity index (χ2v) is 46.1. The monoisotopic (exact) mass is 1610 g/mol. The van der Waals surface area contributed by atoms with Crippen molar-refractivity contribution in [3.8, 4) is 0 Å². The fourth-order valence-electron chi connectivity index (χ4n) is 12.0. The molecule has 2 aliphatic heterocycles. The number of carbonyl (C=O) groups is 10. The molecule has 6 amide bonds. The second kappa shape index (κ2) is 46.6. The van der Waals surface area contributed by atoms with Crippen molar-refractivity contribution in [1.29, 1.82) is 0 Å². The number of carboxylic acid groups (broad SMARTS) is 1. The summed E-state index contributed by atoms with van der Waals surface area (Å²) in [6.45, 7) is 55.6. The number of carboxylic acids is 1. The molecule has 2 aromatic rings. The van der Waals surface area contributed by atoms with Crippen LogP contribution in [-0.4, -0.2) is 181 Å². The Morgan fingerprint density at radius 2 is 0.857 bits per heavy atom. The molecule has 0 bridgehead atoms. The molecular weight excluding hydrogens is 1470 g/mol. The molecule has 0 unspecified atom stereocenters. The van der Waals surface area contributed by atoms with Gasteiger partial charge in [0.15, 0.2) is 22.7 Å². The van der Waals surface area contributed by atoms with Gasteiger partial charge in [-0.1, -0.05) is 206 Å². The summed E-state index contributed by atoms with van der Waals surface area (Å²) in [6.07, 6.45) is -0.732. The van der Waals surface area contributed by atoms with Gasteiger partial charge in [0.25, 0.3) is 5.91 Å². The van der Waals surface area contributed by atoms with E-state index in [1.807, 2.05) is 116 Å². The van der Waals surface area contributed by atoms with Gasteiger partial charge in [0.05, 0.1) is 37.1 Å². The van der Waals surface area contributed by atoms with Crippen molar-refractivity contribution in [2.45, 2.75) is 359 Å². The fourth-order valence-corrected chi connectivity index (χ4v) is 14.7. The first-order valence-corrected chi connectivity index (χ1v) is 45.9. The summed E-state index contributed by atoms with van der Waals surface area (Å²) in [4.78, 5) is 133. The molecule has 2 aliphatic rings. The minimum atomic E-state index is -2.49. The number of nitrogens with one attached hydrogen (secondary N) is 4. The van der Waals surface area contributed by atoms with Crippen molar-refractivity contribution in [3.05, 3.63) is 71.8 Å². The van der Waals surface area contributed by atoms with Gasteiger partial charge in [0.2, 0.25) is 17.7 Å². The maximum atomic E-state index is 14.1. The van der Waals surface area contributed by atoms with Crippen molar-refractivity contribution >= 4 is 76.3 Å². The van der Waals surface area contributed by atoms with Crippen LogP contribution in [0.3, 0.4) is 0 Å². The van der Waals surface area contributed by atoms with E-state index in [0.717, 1.165) is 17.5 Å². The highest BCUT2D eigenvalue weighted by Gasteiger charge is 2.47. The SMILES string of the molecule is C.CC(C)C[C@H](NC(=O)[C@@H](O)C(C)C)C(=O)N1CCC[C@H]1C(=O)OCc1ccccc1.CC[C@H](C)[C@@H](NC(=O)OC(C)(C)C)[C@H](CC(=O)O)O[Si](C)(C)C(C)(C)C.CC[C@H](C)[C@@H](NC(=O)OC(C)(C)C)[C@H](CC(=O)O[C@H](C(=O)N[C@@H](CC(C)C)C(=O)N1CCC[C@H]1C(=O)OCc1ccccc1)C(C)C)O[Si](C)(C)C(C)(C)C. The lowest BCUT2D eigenvalue weighted by Gasteiger charge is -2.42. The molecule has 27 heteroatoms. The third kappa shape index (κ3) is 35.8. The first-order chi connectivity index (χ1) is 51.1. The van der Waals surface area contributed by atoms with Gasteiger partial charge in [-0.2, -0.15) is 0 Å². The van der Waals surface area contributed by atoms with Gasteiger partial charge in [-0.3, -0.25) is 28.8 Å². The van der Waals surface area contributed by atoms with Crippen LogP contribution in [0, 0.1) is 35.5 Å². The van der Waals surface area contributed by atoms with Crippen LogP contribution in [0.1, 0.15) is 249 Å². The Labute approximate surface area is 674 Å². The van der Waals surface area contributed by atoms with Crippen LogP contribution in [0.5, 0.6) is 0 Å². The van der Waals surface area contributed by atoms with E-state index in [4.69, 9.17) is 32.5 Å². The number of aliphatic hydroxyl groups excluding tert-OH is 1. The highest BCUT2D eigenvalue weighted by molar-refractivity contribution is 6.74. The van der Waals surface area contributed by atoms with Crippen molar-refractivity contribution < 1.29 is 90.7 Å². The van der Waals surface area contributed by atoms with Crippen LogP contribution in [0.25, 0.3) is 0 Å². The van der Waals surface area contributed by atoms with Gasteiger partial charge in [-0.15, -0.1) is 0 Å². The summed E-state index contributed by atoms with van der Waals surface area (Å²) in [5, 5.41) is 30.6. The summed E-state index contributed by atoms with van der Waals surface area (Å²) in [5.41, 5.74) is 0.382. The van der Waals surface area contributed by atoms with Crippen LogP contribution in [-0.2, 0) is 84.1 Å². The topological polar surface area (TPSA) is 330 Å². The number of aliphatic hydroxyl groups is 1. The number of amides is 6. The Kier molecular flexibility index (Phi) is 42.8. The number of ether oxygens (including phenoxy) is 5. The van der Waals surface area contributed by atoms with Crippen LogP contribution in [0.15, 0.2) is 60.7 Å². The number of likely N-dealkylation sites (tertiary alicyclic amines) is 2. The second-order valence-electron chi connectivity index (χ2n) is 36.5. The molecular formula is C85H148N6O19Si2. The molecule has 0 aliphatic carbocycles. The average Bonchev–Trinajstić information content (AvgIpc) is 1.24. The number of rotatable bonds is 35. The number of aliphatic carboxylic acids is 1. The lowest BCUT2D eigenvalue weighted by Crippen LogP contribution is -2.56. The standard InChI is InChI=1S/C42H71N3O9Si.C23H34N2O5.C19H39NO5Si.CH4/c1-15-29(6)35(44-40(50)53-41(7,8)9)33(54-55(13,14)42(10,11)12)25-34(46)52-36(28(4)5)37(47)43-31(24-27(2)3)38(48)45-23-19-22-32(45)39(49)51-26-30-20-17-16-18-21-30;1-15(2)13-18(24-21(27)20(26)16(3)4)22(28)25-12-8-11-19(25)23(29)30-14-17-9-6-5-7-10-17;1-11-13(2)16(20-17(23)24-18(3,4)5)14(12-15(21)22)25-26(9,10)19(6,7)8;/h16-18,20-21,27-29,31-33,35-36H,15,19,22-26H2,1-14H3,(H,43,47)(H,44,50);5-7,9-10,15-16,18-20,26H,8,11-14H2,1-4H3,(H,24,27);13-14,16H,11-12H2,1-10H3,(H,20,23)(H,21,22);1H4/t29-,31-,32-,33-,35+,36-;18-,19-,20-;13-,14-,16+;/m000./s1. The van der Waals surface area contributed by atoms with E-state index in [1.54, 1.807) is 69.2 Å². The number of carbonyl (C=O) groups excluding carboxylic acids is 9. The van der Waals surface area contributed by atoms with Crippen LogP contribution in [0.2, 0.25) is 36.3 Å². The van der Waals surface area contributed by atoms with E-state index in [1.165, 1.54) is 9.80 Å². The minimum absolute atomic E-state index is 0. The van der Waals surface area contributed by atoms with E-state index in [9.17, 15) is 58.2 Å². The molecule has 112 heavy (non-hydrogen) atoms. The number of hydrogen-bond donors (Lipinski definition) is 6. The zero-order valence-electron chi connectivity index (χ0n) is 72.6. The number of hydrogen-bond acceptors (Lipinski definition) is 18. The number of benzene rings is 2. The first-order valence-electron chi connectivity index (χ1n) is 40.1. The van der Waals surface area contributed by atoms with E-state index in [2.05, 4.69) is 89.0 Å². The molecule has 0 saturated carbocycles. The number of alkyl carbamates (subject to hydrolysis) is 2. The molecule has 25 nitrogen and oxygen atoms in total. The molecule has 2 saturated heterocycles. The highest BCUT2D eigenvalue weighted by Crippen LogP contribution is 2.40. The molecule has 0 spiro atoms. The summed E-state index contributed by atoms with van der Waals surface area (Å²) in [6, 6.07) is 14.6. The van der Waals surface area contributed by atoms with Gasteiger partial charge in [0.1, 0.15) is 54.7 Å².